The minimum atomic E-state index is -0.431. The van der Waals surface area contributed by atoms with Crippen LogP contribution in [-0.2, 0) is 4.79 Å². The van der Waals surface area contributed by atoms with Crippen molar-refractivity contribution in [3.05, 3.63) is 32.0 Å². The largest absolute Gasteiger partial charge is 0.347 e. The number of aromatic nitrogens is 3. The van der Waals surface area contributed by atoms with Gasteiger partial charge in [0, 0.05) is 10.4 Å². The molecule has 2 aromatic heterocycles. The number of nitrogens with one attached hydrogen (secondary N) is 2. The smallest absolute Gasteiger partial charge is 0.275 e. The summed E-state index contributed by atoms with van der Waals surface area (Å²) < 4.78 is 0.867. The van der Waals surface area contributed by atoms with Gasteiger partial charge in [0.1, 0.15) is 0 Å². The van der Waals surface area contributed by atoms with Crippen LogP contribution in [0.4, 0.5) is 0 Å². The monoisotopic (exact) mass is 480 g/mol. The topological polar surface area (TPSA) is 87.7 Å². The molecule has 0 spiro atoms. The first-order valence-electron chi connectivity index (χ1n) is 10.2. The molecule has 1 unspecified atom stereocenters. The summed E-state index contributed by atoms with van der Waals surface area (Å²) in [6.07, 6.45) is 4.53. The lowest BCUT2D eigenvalue weighted by Crippen LogP contribution is -2.39. The van der Waals surface area contributed by atoms with Gasteiger partial charge in [-0.25, -0.2) is 0 Å². The lowest BCUT2D eigenvalue weighted by atomic mass is 9.69. The predicted octanol–water partition coefficient (Wildman–Crippen LogP) is 5.08. The van der Waals surface area contributed by atoms with E-state index in [1.807, 2.05) is 18.4 Å². The van der Waals surface area contributed by atoms with Crippen molar-refractivity contribution < 1.29 is 4.79 Å². The number of nitrogens with zero attached hydrogens (tertiary/aromatic N) is 2. The standard InChI is InChI=1S/C21H29BrN4O2S/c1-5-15(23-19(27)12-6-8-13(9-7-12)21(2,3)4)16-20(28)24-18(26-25-16)17-14(22)10-11-29-17/h10-13,15H,5-9H2,1-4H3,(H,23,27)(H,24,26,28). The van der Waals surface area contributed by atoms with E-state index in [-0.39, 0.29) is 28.5 Å². The molecular formula is C21H29BrN4O2S. The normalized spacial score (nSPS) is 21.0. The zero-order chi connectivity index (χ0) is 21.2. The molecule has 2 aromatic rings. The van der Waals surface area contributed by atoms with E-state index in [0.717, 1.165) is 35.0 Å². The van der Waals surface area contributed by atoms with Gasteiger partial charge < -0.3 is 10.3 Å². The SMILES string of the molecule is CCC(NC(=O)C1CCC(C(C)(C)C)CC1)c1nnc(-c2sccc2Br)[nH]c1=O. The van der Waals surface area contributed by atoms with Gasteiger partial charge in [0.05, 0.1) is 10.9 Å². The maximum absolute atomic E-state index is 12.8. The van der Waals surface area contributed by atoms with E-state index in [2.05, 4.69) is 57.2 Å². The fraction of sp³-hybridized carbons (Fsp3) is 0.619. The van der Waals surface area contributed by atoms with Crippen molar-refractivity contribution in [1.82, 2.24) is 20.5 Å². The molecule has 158 valence electrons. The summed E-state index contributed by atoms with van der Waals surface area (Å²) in [7, 11) is 0. The molecule has 6 nitrogen and oxygen atoms in total. The zero-order valence-electron chi connectivity index (χ0n) is 17.4. The van der Waals surface area contributed by atoms with Crippen molar-refractivity contribution in [2.45, 2.75) is 65.8 Å². The minimum Gasteiger partial charge on any atom is -0.347 e. The number of halogens is 1. The van der Waals surface area contributed by atoms with Gasteiger partial charge in [0.25, 0.3) is 5.56 Å². The average Bonchev–Trinajstić information content (AvgIpc) is 3.11. The highest BCUT2D eigenvalue weighted by molar-refractivity contribution is 9.10. The van der Waals surface area contributed by atoms with Gasteiger partial charge in [-0.3, -0.25) is 9.59 Å². The number of thiophene rings is 1. The molecule has 29 heavy (non-hydrogen) atoms. The number of aromatic amines is 1. The fourth-order valence-electron chi connectivity index (χ4n) is 4.01. The first-order valence-corrected chi connectivity index (χ1v) is 11.9. The molecule has 0 radical (unpaired) electrons. The Balaban J connectivity index is 1.68. The van der Waals surface area contributed by atoms with Crippen molar-refractivity contribution in [3.63, 3.8) is 0 Å². The van der Waals surface area contributed by atoms with Gasteiger partial charge in [0.2, 0.25) is 5.91 Å². The van der Waals surface area contributed by atoms with Crippen LogP contribution in [-0.4, -0.2) is 21.1 Å². The third-order valence-corrected chi connectivity index (χ3v) is 7.78. The summed E-state index contributed by atoms with van der Waals surface area (Å²) in [4.78, 5) is 29.1. The van der Waals surface area contributed by atoms with Crippen LogP contribution in [0.1, 0.15) is 71.5 Å². The van der Waals surface area contributed by atoms with Crippen molar-refractivity contribution in [3.8, 4) is 10.7 Å². The van der Waals surface area contributed by atoms with E-state index >= 15 is 0 Å². The quantitative estimate of drug-likeness (QED) is 0.624. The molecule has 3 rings (SSSR count). The van der Waals surface area contributed by atoms with Gasteiger partial charge >= 0.3 is 0 Å². The lowest BCUT2D eigenvalue weighted by molar-refractivity contribution is -0.127. The van der Waals surface area contributed by atoms with E-state index in [1.54, 1.807) is 0 Å². The maximum Gasteiger partial charge on any atom is 0.275 e. The van der Waals surface area contributed by atoms with Gasteiger partial charge in [-0.15, -0.1) is 21.5 Å². The van der Waals surface area contributed by atoms with Crippen LogP contribution in [0.3, 0.4) is 0 Å². The summed E-state index contributed by atoms with van der Waals surface area (Å²) in [6, 6.07) is 1.47. The van der Waals surface area contributed by atoms with Crippen LogP contribution in [0, 0.1) is 17.3 Å². The number of amides is 1. The number of hydrogen-bond acceptors (Lipinski definition) is 5. The van der Waals surface area contributed by atoms with Crippen molar-refractivity contribution in [1.29, 1.82) is 0 Å². The number of hydrogen-bond donors (Lipinski definition) is 2. The lowest BCUT2D eigenvalue weighted by Gasteiger charge is -2.36. The number of carbonyl (C=O) groups is 1. The Morgan fingerprint density at radius 3 is 2.52 bits per heavy atom. The summed E-state index contributed by atoms with van der Waals surface area (Å²) in [6.45, 7) is 8.75. The van der Waals surface area contributed by atoms with Crippen LogP contribution in [0.2, 0.25) is 0 Å². The van der Waals surface area contributed by atoms with Gasteiger partial charge in [0.15, 0.2) is 11.5 Å². The van der Waals surface area contributed by atoms with Crippen LogP contribution >= 0.6 is 27.3 Å². The average molecular weight is 481 g/mol. The molecule has 1 fully saturated rings. The van der Waals surface area contributed by atoms with Crippen molar-refractivity contribution in [2.75, 3.05) is 0 Å². The second-order valence-corrected chi connectivity index (χ2v) is 10.6. The number of rotatable bonds is 5. The van der Waals surface area contributed by atoms with E-state index in [1.165, 1.54) is 11.3 Å². The molecule has 0 aliphatic heterocycles. The predicted molar refractivity (Wildman–Crippen MR) is 120 cm³/mol. The third-order valence-electron chi connectivity index (χ3n) is 5.93. The summed E-state index contributed by atoms with van der Waals surface area (Å²) in [5.41, 5.74) is 0.245. The Morgan fingerprint density at radius 1 is 1.31 bits per heavy atom. The third kappa shape index (κ3) is 5.15. The first kappa shape index (κ1) is 22.2. The summed E-state index contributed by atoms with van der Waals surface area (Å²) in [5.74, 6) is 1.13. The minimum absolute atomic E-state index is 0.0102. The Morgan fingerprint density at radius 2 is 2.00 bits per heavy atom. The highest BCUT2D eigenvalue weighted by Crippen LogP contribution is 2.40. The Labute approximate surface area is 184 Å². The Bertz CT molecular complexity index is 910. The van der Waals surface area contributed by atoms with E-state index in [9.17, 15) is 9.59 Å². The Hall–Kier alpha value is -1.54. The molecule has 2 N–H and O–H groups in total. The second-order valence-electron chi connectivity index (χ2n) is 8.87. The molecule has 1 saturated carbocycles. The second kappa shape index (κ2) is 9.08. The summed E-state index contributed by atoms with van der Waals surface area (Å²) in [5, 5.41) is 13.3. The van der Waals surface area contributed by atoms with E-state index < -0.39 is 6.04 Å². The molecule has 1 aliphatic carbocycles. The highest BCUT2D eigenvalue weighted by atomic mass is 79.9. The Kier molecular flexibility index (Phi) is 6.94. The molecule has 0 aromatic carbocycles. The number of carbonyl (C=O) groups excluding carboxylic acids is 1. The van der Waals surface area contributed by atoms with Crippen LogP contribution in [0.15, 0.2) is 20.7 Å². The zero-order valence-corrected chi connectivity index (χ0v) is 19.8. The molecule has 0 bridgehead atoms. The first-order chi connectivity index (χ1) is 13.7. The maximum atomic E-state index is 12.8. The number of H-pyrrole nitrogens is 1. The molecule has 0 saturated heterocycles. The van der Waals surface area contributed by atoms with Gasteiger partial charge in [-0.05, 0) is 70.8 Å². The fourth-order valence-corrected chi connectivity index (χ4v) is 5.51. The molecule has 1 atom stereocenters. The van der Waals surface area contributed by atoms with E-state index in [4.69, 9.17) is 0 Å². The highest BCUT2D eigenvalue weighted by Gasteiger charge is 2.33. The molecule has 8 heteroatoms. The van der Waals surface area contributed by atoms with Gasteiger partial charge in [-0.2, -0.15) is 0 Å². The van der Waals surface area contributed by atoms with Crippen LogP contribution in [0.25, 0.3) is 10.7 Å². The summed E-state index contributed by atoms with van der Waals surface area (Å²) >= 11 is 4.92. The van der Waals surface area contributed by atoms with E-state index in [0.29, 0.717) is 18.2 Å². The van der Waals surface area contributed by atoms with Crippen LogP contribution in [0.5, 0.6) is 0 Å². The molecular weight excluding hydrogens is 452 g/mol. The molecule has 1 aliphatic rings. The molecule has 1 amide bonds. The van der Waals surface area contributed by atoms with Crippen molar-refractivity contribution >= 4 is 33.2 Å². The van der Waals surface area contributed by atoms with Crippen LogP contribution < -0.4 is 10.9 Å². The van der Waals surface area contributed by atoms with Gasteiger partial charge in [-0.1, -0.05) is 27.7 Å². The van der Waals surface area contributed by atoms with Crippen molar-refractivity contribution in [2.24, 2.45) is 17.3 Å². The molecule has 2 heterocycles.